The van der Waals surface area contributed by atoms with Crippen LogP contribution in [0.25, 0.3) is 11.1 Å². The Hall–Kier alpha value is -2.34. The van der Waals surface area contributed by atoms with Crippen LogP contribution in [0, 0.1) is 96.7 Å². The summed E-state index contributed by atoms with van der Waals surface area (Å²) in [6.45, 7) is 14.1. The van der Waals surface area contributed by atoms with E-state index in [2.05, 4.69) is 114 Å². The molecule has 0 radical (unpaired) electrons. The standard InChI is InChI=1S/C27H36.C27H42.C15H28.3CH4/c1-20-3-11-24(12-4-20)26-15-7-22(8-16-26)19-23-9-17-27(18-10-23)25-13-5-21(2)6-14-25;1-20-3-7-22(8-4-20)19-23-9-13-25(14-10-23)27-17-15-26(16-18-27)24-11-5-21(2)6-12-24;1-12-3-7-14(8-4-12)11-15-9-5-13(2)6-10-15;;;/h3-4,7-8,11-12,15-16,21,23,25,27H,5-6,9-10,13-14,17-19H2,1-2H3;3-4,7-8,21,23-27H,5-6,9-19H2,1-2H3;12-15H,3-11H2,1-2H3;3*1H4. The lowest BCUT2D eigenvalue weighted by molar-refractivity contribution is 0.106. The Kier molecular flexibility index (Phi) is 26.1. The van der Waals surface area contributed by atoms with E-state index in [1.54, 1.807) is 50.5 Å². The molecule has 0 heteroatoms. The first-order valence-corrected chi connectivity index (χ1v) is 30.8. The molecule has 3 aromatic rings. The van der Waals surface area contributed by atoms with Gasteiger partial charge in [-0.1, -0.05) is 211 Å². The zero-order valence-electron chi connectivity index (χ0n) is 45.9. The normalized spacial score (nSPS) is 33.9. The highest BCUT2D eigenvalue weighted by Crippen LogP contribution is 2.47. The van der Waals surface area contributed by atoms with Gasteiger partial charge in [-0.25, -0.2) is 0 Å². The summed E-state index contributed by atoms with van der Waals surface area (Å²) in [6.07, 6.45) is 46.6. The van der Waals surface area contributed by atoms with Gasteiger partial charge in [-0.15, -0.1) is 0 Å². The third-order valence-corrected chi connectivity index (χ3v) is 21.2. The topological polar surface area (TPSA) is 0 Å². The summed E-state index contributed by atoms with van der Waals surface area (Å²) >= 11 is 0. The van der Waals surface area contributed by atoms with Gasteiger partial charge in [0.1, 0.15) is 0 Å². The van der Waals surface area contributed by atoms with Crippen molar-refractivity contribution in [2.45, 2.75) is 263 Å². The van der Waals surface area contributed by atoms with Crippen LogP contribution in [0.3, 0.4) is 0 Å². The molecule has 406 valence electrons. The van der Waals surface area contributed by atoms with E-state index in [1.165, 1.54) is 182 Å². The van der Waals surface area contributed by atoms with Gasteiger partial charge in [-0.2, -0.15) is 0 Å². The van der Waals surface area contributed by atoms with Crippen molar-refractivity contribution >= 4 is 0 Å². The largest absolute Gasteiger partial charge is 0.0776 e. The molecular weight excluding hydrogens is 865 g/mol. The molecule has 0 aliphatic heterocycles. The molecule has 0 nitrogen and oxygen atoms in total. The van der Waals surface area contributed by atoms with E-state index in [0.29, 0.717) is 0 Å². The highest BCUT2D eigenvalue weighted by molar-refractivity contribution is 5.63. The predicted octanol–water partition coefficient (Wildman–Crippen LogP) is 22.8. The minimum absolute atomic E-state index is 0. The Bertz CT molecular complexity index is 1790. The summed E-state index contributed by atoms with van der Waals surface area (Å²) < 4.78 is 0. The fraction of sp³-hybridized carbons (Fsp3) is 0.750. The summed E-state index contributed by atoms with van der Waals surface area (Å²) in [7, 11) is 0. The van der Waals surface area contributed by atoms with Crippen LogP contribution in [0.2, 0.25) is 0 Å². The van der Waals surface area contributed by atoms with E-state index in [-0.39, 0.29) is 22.3 Å². The summed E-state index contributed by atoms with van der Waals surface area (Å²) in [6, 6.07) is 27.5. The van der Waals surface area contributed by atoms with Crippen LogP contribution in [0.4, 0.5) is 0 Å². The first-order valence-electron chi connectivity index (χ1n) is 30.8. The van der Waals surface area contributed by atoms with E-state index in [9.17, 15) is 0 Å². The fourth-order valence-corrected chi connectivity index (χ4v) is 15.9. The third-order valence-electron chi connectivity index (χ3n) is 21.2. The Morgan fingerprint density at radius 2 is 0.472 bits per heavy atom. The molecule has 7 aliphatic carbocycles. The average Bonchev–Trinajstić information content (AvgIpc) is 3.38. The van der Waals surface area contributed by atoms with Crippen molar-refractivity contribution in [1.82, 2.24) is 0 Å². The lowest BCUT2D eigenvalue weighted by Gasteiger charge is -2.41. The SMILES string of the molecule is C.C.C.CC1CCC(CC2CCC(C)CC2)CC1.Cc1ccc(-c2ccc(CC3CCC(C4CCC(C)CC4)CC3)cc2)cc1.Cc1ccc(CC2CCC(C3CCC(C4CCC(C)CC4)CC3)CC2)cc1. The van der Waals surface area contributed by atoms with E-state index in [0.717, 1.165) is 82.9 Å². The van der Waals surface area contributed by atoms with Crippen LogP contribution in [0.1, 0.15) is 258 Å². The highest BCUT2D eigenvalue weighted by Gasteiger charge is 2.35. The molecule has 7 saturated carbocycles. The number of aryl methyl sites for hydroxylation is 2. The Labute approximate surface area is 449 Å². The van der Waals surface area contributed by atoms with Gasteiger partial charge in [-0.05, 0) is 241 Å². The molecule has 0 bridgehead atoms. The van der Waals surface area contributed by atoms with Crippen LogP contribution in [-0.4, -0.2) is 0 Å². The second-order valence-corrected chi connectivity index (χ2v) is 26.7. The second kappa shape index (κ2) is 31.0. The van der Waals surface area contributed by atoms with Crippen molar-refractivity contribution in [2.75, 3.05) is 0 Å². The van der Waals surface area contributed by atoms with Gasteiger partial charge >= 0.3 is 0 Å². The van der Waals surface area contributed by atoms with Gasteiger partial charge in [0.05, 0.1) is 0 Å². The fourth-order valence-electron chi connectivity index (χ4n) is 15.9. The summed E-state index contributed by atoms with van der Waals surface area (Å²) in [5.74, 6) is 14.5. The van der Waals surface area contributed by atoms with Crippen LogP contribution >= 0.6 is 0 Å². The smallest absolute Gasteiger partial charge is 0.0184 e. The monoisotopic (exact) mass is 983 g/mol. The minimum Gasteiger partial charge on any atom is -0.0776 e. The first kappa shape index (κ1) is 60.5. The molecule has 7 fully saturated rings. The van der Waals surface area contributed by atoms with Crippen molar-refractivity contribution in [3.63, 3.8) is 0 Å². The second-order valence-electron chi connectivity index (χ2n) is 26.7. The van der Waals surface area contributed by atoms with Gasteiger partial charge in [-0.3, -0.25) is 0 Å². The molecule has 0 N–H and O–H groups in total. The van der Waals surface area contributed by atoms with Gasteiger partial charge in [0, 0.05) is 0 Å². The number of hydrogen-bond acceptors (Lipinski definition) is 0. The lowest BCUT2D eigenvalue weighted by Crippen LogP contribution is -2.29. The Morgan fingerprint density at radius 3 is 0.778 bits per heavy atom. The number of benzene rings is 3. The molecule has 0 atom stereocenters. The van der Waals surface area contributed by atoms with Crippen molar-refractivity contribution < 1.29 is 0 Å². The van der Waals surface area contributed by atoms with E-state index in [1.807, 2.05) is 0 Å². The van der Waals surface area contributed by atoms with Gasteiger partial charge in [0.2, 0.25) is 0 Å². The first-order chi connectivity index (χ1) is 33.6. The molecule has 0 aromatic heterocycles. The molecule has 0 heterocycles. The lowest BCUT2D eigenvalue weighted by atomic mass is 9.65. The maximum Gasteiger partial charge on any atom is -0.0184 e. The molecule has 3 aromatic carbocycles. The highest BCUT2D eigenvalue weighted by atomic mass is 14.4. The zero-order chi connectivity index (χ0) is 48.0. The van der Waals surface area contributed by atoms with Gasteiger partial charge in [0.25, 0.3) is 0 Å². The van der Waals surface area contributed by atoms with E-state index < -0.39 is 0 Å². The van der Waals surface area contributed by atoms with Crippen LogP contribution in [-0.2, 0) is 12.8 Å². The summed E-state index contributed by atoms with van der Waals surface area (Å²) in [4.78, 5) is 0. The molecule has 72 heavy (non-hydrogen) atoms. The van der Waals surface area contributed by atoms with Crippen molar-refractivity contribution in [3.05, 3.63) is 95.1 Å². The maximum absolute atomic E-state index is 2.46. The van der Waals surface area contributed by atoms with Crippen molar-refractivity contribution in [1.29, 1.82) is 0 Å². The van der Waals surface area contributed by atoms with Gasteiger partial charge in [0.15, 0.2) is 0 Å². The Morgan fingerprint density at radius 1 is 0.264 bits per heavy atom. The number of hydrogen-bond donors (Lipinski definition) is 0. The molecule has 10 rings (SSSR count). The van der Waals surface area contributed by atoms with Crippen LogP contribution in [0.15, 0.2) is 72.8 Å². The predicted molar refractivity (Wildman–Crippen MR) is 321 cm³/mol. The zero-order valence-corrected chi connectivity index (χ0v) is 45.9. The molecular formula is C72H118. The van der Waals surface area contributed by atoms with Crippen molar-refractivity contribution in [3.8, 4) is 11.1 Å². The molecule has 7 aliphatic rings. The minimum atomic E-state index is 0. The van der Waals surface area contributed by atoms with E-state index >= 15 is 0 Å². The van der Waals surface area contributed by atoms with Crippen molar-refractivity contribution in [2.24, 2.45) is 82.9 Å². The van der Waals surface area contributed by atoms with Gasteiger partial charge < -0.3 is 0 Å². The summed E-state index contributed by atoms with van der Waals surface area (Å²) in [5.41, 5.74) is 8.48. The Balaban J connectivity index is 0.000000204. The molecule has 0 spiro atoms. The van der Waals surface area contributed by atoms with Crippen LogP contribution < -0.4 is 0 Å². The maximum atomic E-state index is 2.46. The number of rotatable bonds is 10. The average molecular weight is 984 g/mol. The molecule has 0 unspecified atom stereocenters. The molecule has 0 amide bonds. The third kappa shape index (κ3) is 19.0. The molecule has 0 saturated heterocycles. The van der Waals surface area contributed by atoms with E-state index in [4.69, 9.17) is 0 Å². The van der Waals surface area contributed by atoms with Crippen LogP contribution in [0.5, 0.6) is 0 Å². The quantitative estimate of drug-likeness (QED) is 0.190. The summed E-state index contributed by atoms with van der Waals surface area (Å²) in [5, 5.41) is 0.